The summed E-state index contributed by atoms with van der Waals surface area (Å²) in [6, 6.07) is 0.505. The highest BCUT2D eigenvalue weighted by atomic mass is 15.5. The Morgan fingerprint density at radius 3 is 2.80 bits per heavy atom. The number of allylic oxidation sites excluding steroid dienone is 1. The Morgan fingerprint density at radius 1 is 1.70 bits per heavy atom. The van der Waals surface area contributed by atoms with Crippen molar-refractivity contribution in [1.82, 2.24) is 5.01 Å². The lowest BCUT2D eigenvalue weighted by atomic mass is 10.1. The summed E-state index contributed by atoms with van der Waals surface area (Å²) in [7, 11) is 2.02. The largest absolute Gasteiger partial charge is 0.293 e. The fourth-order valence-corrected chi connectivity index (χ4v) is 1.23. The van der Waals surface area contributed by atoms with Crippen LogP contribution in [0.15, 0.2) is 17.3 Å². The molecule has 2 nitrogen and oxygen atoms in total. The van der Waals surface area contributed by atoms with Gasteiger partial charge in [-0.2, -0.15) is 5.10 Å². The van der Waals surface area contributed by atoms with Crippen molar-refractivity contribution in [3.05, 3.63) is 12.2 Å². The van der Waals surface area contributed by atoms with Crippen LogP contribution in [-0.2, 0) is 0 Å². The Balaban J connectivity index is 2.55. The van der Waals surface area contributed by atoms with E-state index in [4.69, 9.17) is 0 Å². The second-order valence-corrected chi connectivity index (χ2v) is 2.71. The first kappa shape index (κ1) is 7.32. The molecule has 0 aromatic heterocycles. The Labute approximate surface area is 62.2 Å². The molecule has 10 heavy (non-hydrogen) atoms. The molecular weight excluding hydrogens is 124 g/mol. The molecular formula is C8H14N2. The molecule has 1 atom stereocenters. The Kier molecular flexibility index (Phi) is 2.10. The molecule has 56 valence electrons. The first-order chi connectivity index (χ1) is 4.74. The quantitative estimate of drug-likeness (QED) is 0.503. The minimum absolute atomic E-state index is 0.505. The van der Waals surface area contributed by atoms with Gasteiger partial charge in [-0.1, -0.05) is 12.2 Å². The van der Waals surface area contributed by atoms with Crippen LogP contribution in [0.2, 0.25) is 0 Å². The minimum Gasteiger partial charge on any atom is -0.293 e. The van der Waals surface area contributed by atoms with E-state index in [0.717, 1.165) is 6.42 Å². The fourth-order valence-electron chi connectivity index (χ4n) is 1.23. The summed E-state index contributed by atoms with van der Waals surface area (Å²) in [6.07, 6.45) is 5.34. The normalized spacial score (nSPS) is 26.1. The van der Waals surface area contributed by atoms with Gasteiger partial charge in [-0.25, -0.2) is 0 Å². The third-order valence-electron chi connectivity index (χ3n) is 1.73. The van der Waals surface area contributed by atoms with E-state index in [2.05, 4.69) is 24.2 Å². The SMILES string of the molecule is C/C=C/C1CC(C)=NN1C. The van der Waals surface area contributed by atoms with Crippen LogP contribution in [0.5, 0.6) is 0 Å². The van der Waals surface area contributed by atoms with Crippen LogP contribution in [0.4, 0.5) is 0 Å². The number of hydrazone groups is 1. The lowest BCUT2D eigenvalue weighted by Gasteiger charge is -2.13. The van der Waals surface area contributed by atoms with Gasteiger partial charge in [0.1, 0.15) is 0 Å². The summed E-state index contributed by atoms with van der Waals surface area (Å²) in [5.74, 6) is 0. The molecule has 0 aliphatic carbocycles. The molecule has 1 aliphatic rings. The van der Waals surface area contributed by atoms with Crippen molar-refractivity contribution in [2.24, 2.45) is 5.10 Å². The van der Waals surface area contributed by atoms with Crippen molar-refractivity contribution >= 4 is 5.71 Å². The molecule has 0 spiro atoms. The Morgan fingerprint density at radius 2 is 2.40 bits per heavy atom. The monoisotopic (exact) mass is 138 g/mol. The average Bonchev–Trinajstić information content (AvgIpc) is 2.13. The van der Waals surface area contributed by atoms with Crippen molar-refractivity contribution < 1.29 is 0 Å². The smallest absolute Gasteiger partial charge is 0.0700 e. The molecule has 0 fully saturated rings. The zero-order valence-corrected chi connectivity index (χ0v) is 6.83. The molecule has 0 bridgehead atoms. The lowest BCUT2D eigenvalue weighted by Crippen LogP contribution is -2.19. The number of hydrogen-bond acceptors (Lipinski definition) is 2. The van der Waals surface area contributed by atoms with Crippen LogP contribution >= 0.6 is 0 Å². The topological polar surface area (TPSA) is 15.6 Å². The van der Waals surface area contributed by atoms with E-state index < -0.39 is 0 Å². The van der Waals surface area contributed by atoms with Crippen molar-refractivity contribution in [3.63, 3.8) is 0 Å². The molecule has 0 aromatic carbocycles. The van der Waals surface area contributed by atoms with E-state index in [-0.39, 0.29) is 0 Å². The maximum absolute atomic E-state index is 4.29. The zero-order chi connectivity index (χ0) is 7.56. The molecule has 1 rings (SSSR count). The summed E-state index contributed by atoms with van der Waals surface area (Å²) in [6.45, 7) is 4.11. The highest BCUT2D eigenvalue weighted by Gasteiger charge is 2.16. The minimum atomic E-state index is 0.505. The lowest BCUT2D eigenvalue weighted by molar-refractivity contribution is 0.329. The standard InChI is InChI=1S/C8H14N2/c1-4-5-8-6-7(2)9-10(8)3/h4-5,8H,6H2,1-3H3/b5-4+. The third kappa shape index (κ3) is 1.38. The second-order valence-electron chi connectivity index (χ2n) is 2.71. The molecule has 1 unspecified atom stereocenters. The van der Waals surface area contributed by atoms with Gasteiger partial charge in [-0.15, -0.1) is 0 Å². The van der Waals surface area contributed by atoms with Crippen molar-refractivity contribution in [2.45, 2.75) is 26.3 Å². The van der Waals surface area contributed by atoms with Crippen molar-refractivity contribution in [2.75, 3.05) is 7.05 Å². The van der Waals surface area contributed by atoms with Gasteiger partial charge in [0.15, 0.2) is 0 Å². The van der Waals surface area contributed by atoms with E-state index in [1.165, 1.54) is 5.71 Å². The predicted octanol–water partition coefficient (Wildman–Crippen LogP) is 1.64. The van der Waals surface area contributed by atoms with Crippen LogP contribution in [0.1, 0.15) is 20.3 Å². The number of likely N-dealkylation sites (N-methyl/N-ethyl adjacent to an activating group) is 1. The Hall–Kier alpha value is -0.790. The highest BCUT2D eigenvalue weighted by Crippen LogP contribution is 2.13. The number of nitrogens with zero attached hydrogens (tertiary/aromatic N) is 2. The van der Waals surface area contributed by atoms with Gasteiger partial charge in [0.2, 0.25) is 0 Å². The summed E-state index contributed by atoms with van der Waals surface area (Å²) >= 11 is 0. The molecule has 0 saturated carbocycles. The highest BCUT2D eigenvalue weighted by molar-refractivity contribution is 5.83. The van der Waals surface area contributed by atoms with Crippen molar-refractivity contribution in [3.8, 4) is 0 Å². The molecule has 0 radical (unpaired) electrons. The van der Waals surface area contributed by atoms with Gasteiger partial charge < -0.3 is 0 Å². The van der Waals surface area contributed by atoms with E-state index >= 15 is 0 Å². The maximum atomic E-state index is 4.29. The number of rotatable bonds is 1. The summed E-state index contributed by atoms with van der Waals surface area (Å²) < 4.78 is 0. The molecule has 1 heterocycles. The summed E-state index contributed by atoms with van der Waals surface area (Å²) in [5.41, 5.74) is 1.23. The van der Waals surface area contributed by atoms with E-state index in [1.54, 1.807) is 0 Å². The molecule has 0 saturated heterocycles. The molecule has 0 amide bonds. The summed E-state index contributed by atoms with van der Waals surface area (Å²) in [4.78, 5) is 0. The van der Waals surface area contributed by atoms with Gasteiger partial charge in [0, 0.05) is 19.2 Å². The van der Waals surface area contributed by atoms with E-state index in [1.807, 2.05) is 19.0 Å². The molecule has 0 N–H and O–H groups in total. The van der Waals surface area contributed by atoms with Crippen LogP contribution in [-0.4, -0.2) is 23.8 Å². The molecule has 0 aromatic rings. The van der Waals surface area contributed by atoms with Gasteiger partial charge in [-0.05, 0) is 13.8 Å². The van der Waals surface area contributed by atoms with E-state index in [9.17, 15) is 0 Å². The van der Waals surface area contributed by atoms with Crippen LogP contribution < -0.4 is 0 Å². The maximum Gasteiger partial charge on any atom is 0.0700 e. The van der Waals surface area contributed by atoms with Crippen LogP contribution in [0.25, 0.3) is 0 Å². The first-order valence-electron chi connectivity index (χ1n) is 3.63. The third-order valence-corrected chi connectivity index (χ3v) is 1.73. The van der Waals surface area contributed by atoms with Crippen LogP contribution in [0.3, 0.4) is 0 Å². The van der Waals surface area contributed by atoms with Gasteiger partial charge in [0.05, 0.1) is 6.04 Å². The second kappa shape index (κ2) is 2.86. The predicted molar refractivity (Wildman–Crippen MR) is 44.1 cm³/mol. The zero-order valence-electron chi connectivity index (χ0n) is 6.83. The van der Waals surface area contributed by atoms with Crippen molar-refractivity contribution in [1.29, 1.82) is 0 Å². The number of hydrogen-bond donors (Lipinski definition) is 0. The molecule has 2 heteroatoms. The summed E-state index contributed by atoms with van der Waals surface area (Å²) in [5, 5.41) is 6.30. The Bertz CT molecular complexity index is 170. The van der Waals surface area contributed by atoms with Crippen LogP contribution in [0, 0.1) is 0 Å². The van der Waals surface area contributed by atoms with E-state index in [0.29, 0.717) is 6.04 Å². The van der Waals surface area contributed by atoms with Gasteiger partial charge >= 0.3 is 0 Å². The molecule has 1 aliphatic heterocycles. The fraction of sp³-hybridized carbons (Fsp3) is 0.625. The van der Waals surface area contributed by atoms with Gasteiger partial charge in [0.25, 0.3) is 0 Å². The average molecular weight is 138 g/mol. The van der Waals surface area contributed by atoms with Gasteiger partial charge in [-0.3, -0.25) is 5.01 Å². The first-order valence-corrected chi connectivity index (χ1v) is 3.63.